The van der Waals surface area contributed by atoms with Gasteiger partial charge in [0.15, 0.2) is 0 Å². The van der Waals surface area contributed by atoms with Crippen LogP contribution in [0.15, 0.2) is 84.9 Å². The lowest BCUT2D eigenvalue weighted by atomic mass is 10.1. The molecule has 26 heavy (non-hydrogen) atoms. The van der Waals surface area contributed by atoms with Crippen molar-refractivity contribution in [3.05, 3.63) is 96.1 Å². The minimum Gasteiger partial charge on any atom is -0.457 e. The van der Waals surface area contributed by atoms with Crippen molar-refractivity contribution < 1.29 is 9.47 Å². The van der Waals surface area contributed by atoms with E-state index < -0.39 is 0 Å². The van der Waals surface area contributed by atoms with Gasteiger partial charge < -0.3 is 9.47 Å². The number of benzene rings is 3. The highest BCUT2D eigenvalue weighted by Gasteiger charge is 2.21. The lowest BCUT2D eigenvalue weighted by molar-refractivity contribution is -0.0329. The van der Waals surface area contributed by atoms with Gasteiger partial charge in [0.2, 0.25) is 0 Å². The highest BCUT2D eigenvalue weighted by atomic mass is 16.5. The maximum Gasteiger partial charge on any atom is 0.127 e. The summed E-state index contributed by atoms with van der Waals surface area (Å²) in [5.74, 6) is 1.73. The normalized spacial score (nSPS) is 17.8. The zero-order chi connectivity index (χ0) is 17.6. The molecule has 3 aromatic carbocycles. The molecule has 0 saturated carbocycles. The number of para-hydroxylation sites is 1. The van der Waals surface area contributed by atoms with Crippen molar-refractivity contribution in [1.29, 1.82) is 0 Å². The number of morpholine rings is 1. The molecule has 1 saturated heterocycles. The van der Waals surface area contributed by atoms with Gasteiger partial charge >= 0.3 is 0 Å². The molecule has 1 aliphatic heterocycles. The molecule has 0 radical (unpaired) electrons. The van der Waals surface area contributed by atoms with Gasteiger partial charge in [0, 0.05) is 19.6 Å². The summed E-state index contributed by atoms with van der Waals surface area (Å²) in [5, 5.41) is 0. The van der Waals surface area contributed by atoms with Gasteiger partial charge in [-0.25, -0.2) is 0 Å². The average Bonchev–Trinajstić information content (AvgIpc) is 2.71. The molecule has 0 bridgehead atoms. The van der Waals surface area contributed by atoms with Crippen molar-refractivity contribution in [3.8, 4) is 11.5 Å². The molecule has 1 unspecified atom stereocenters. The third-order valence-electron chi connectivity index (χ3n) is 4.63. The van der Waals surface area contributed by atoms with Gasteiger partial charge in [-0.05, 0) is 35.4 Å². The van der Waals surface area contributed by atoms with Crippen LogP contribution in [0.3, 0.4) is 0 Å². The molecule has 1 atom stereocenters. The molecular formula is C23H23NO2. The van der Waals surface area contributed by atoms with E-state index in [4.69, 9.17) is 9.47 Å². The van der Waals surface area contributed by atoms with Crippen molar-refractivity contribution in [2.24, 2.45) is 0 Å². The van der Waals surface area contributed by atoms with Crippen molar-refractivity contribution in [3.63, 3.8) is 0 Å². The molecule has 1 aliphatic rings. The predicted molar refractivity (Wildman–Crippen MR) is 103 cm³/mol. The molecule has 0 amide bonds. The van der Waals surface area contributed by atoms with E-state index in [0.717, 1.165) is 37.7 Å². The standard InChI is InChI=1S/C23H23NO2/c1-3-7-20(8-4-1)23-18-24(15-16-25-23)17-19-11-13-22(14-12-19)26-21-9-5-2-6-10-21/h1-14,23H,15-18H2. The van der Waals surface area contributed by atoms with Crippen molar-refractivity contribution in [2.45, 2.75) is 12.6 Å². The zero-order valence-corrected chi connectivity index (χ0v) is 14.8. The Balaban J connectivity index is 1.36. The molecule has 1 fully saturated rings. The molecule has 1 heterocycles. The molecule has 0 spiro atoms. The molecule has 0 aromatic heterocycles. The first-order chi connectivity index (χ1) is 12.9. The minimum atomic E-state index is 0.158. The SMILES string of the molecule is c1ccc(Oc2ccc(CN3CCOC(c4ccccc4)C3)cc2)cc1. The monoisotopic (exact) mass is 345 g/mol. The highest BCUT2D eigenvalue weighted by Crippen LogP contribution is 2.25. The van der Waals surface area contributed by atoms with Crippen LogP contribution in [0, 0.1) is 0 Å². The predicted octanol–water partition coefficient (Wildman–Crippen LogP) is 5.05. The smallest absolute Gasteiger partial charge is 0.127 e. The summed E-state index contributed by atoms with van der Waals surface area (Å²) in [7, 11) is 0. The summed E-state index contributed by atoms with van der Waals surface area (Å²) in [4.78, 5) is 2.45. The first-order valence-corrected chi connectivity index (χ1v) is 9.07. The number of hydrogen-bond donors (Lipinski definition) is 0. The number of nitrogens with zero attached hydrogens (tertiary/aromatic N) is 1. The first kappa shape index (κ1) is 16.8. The van der Waals surface area contributed by atoms with E-state index in [1.165, 1.54) is 11.1 Å². The van der Waals surface area contributed by atoms with Gasteiger partial charge in [-0.1, -0.05) is 60.7 Å². The molecule has 3 nitrogen and oxygen atoms in total. The van der Waals surface area contributed by atoms with Crippen LogP contribution in [0.4, 0.5) is 0 Å². The van der Waals surface area contributed by atoms with E-state index in [-0.39, 0.29) is 6.10 Å². The Kier molecular flexibility index (Phi) is 5.29. The summed E-state index contributed by atoms with van der Waals surface area (Å²) in [5.41, 5.74) is 2.54. The van der Waals surface area contributed by atoms with Crippen LogP contribution in [-0.4, -0.2) is 24.6 Å². The van der Waals surface area contributed by atoms with Crippen molar-refractivity contribution >= 4 is 0 Å². The lowest BCUT2D eigenvalue weighted by Gasteiger charge is -2.33. The fourth-order valence-electron chi connectivity index (χ4n) is 3.26. The third-order valence-corrected chi connectivity index (χ3v) is 4.63. The summed E-state index contributed by atoms with van der Waals surface area (Å²) in [6.07, 6.45) is 0.158. The van der Waals surface area contributed by atoms with Gasteiger partial charge in [-0.2, -0.15) is 0 Å². The number of ether oxygens (including phenoxy) is 2. The Morgan fingerprint density at radius 1 is 0.808 bits per heavy atom. The second-order valence-electron chi connectivity index (χ2n) is 6.56. The first-order valence-electron chi connectivity index (χ1n) is 9.07. The second kappa shape index (κ2) is 8.17. The Morgan fingerprint density at radius 2 is 1.46 bits per heavy atom. The van der Waals surface area contributed by atoms with Crippen molar-refractivity contribution in [2.75, 3.05) is 19.7 Å². The van der Waals surface area contributed by atoms with Crippen LogP contribution < -0.4 is 4.74 Å². The van der Waals surface area contributed by atoms with Crippen LogP contribution in [0.25, 0.3) is 0 Å². The second-order valence-corrected chi connectivity index (χ2v) is 6.56. The maximum absolute atomic E-state index is 5.96. The molecule has 132 valence electrons. The fourth-order valence-corrected chi connectivity index (χ4v) is 3.26. The summed E-state index contributed by atoms with van der Waals surface area (Å²) < 4.78 is 11.8. The topological polar surface area (TPSA) is 21.7 Å². The van der Waals surface area contributed by atoms with E-state index in [1.54, 1.807) is 0 Å². The zero-order valence-electron chi connectivity index (χ0n) is 14.8. The quantitative estimate of drug-likeness (QED) is 0.646. The maximum atomic E-state index is 5.96. The molecule has 4 rings (SSSR count). The van der Waals surface area contributed by atoms with Gasteiger partial charge in [0.25, 0.3) is 0 Å². The number of rotatable bonds is 5. The molecular weight excluding hydrogens is 322 g/mol. The number of hydrogen-bond acceptors (Lipinski definition) is 3. The molecule has 0 N–H and O–H groups in total. The van der Waals surface area contributed by atoms with Crippen LogP contribution in [0.2, 0.25) is 0 Å². The molecule has 3 heteroatoms. The van der Waals surface area contributed by atoms with E-state index in [1.807, 2.05) is 48.5 Å². The minimum absolute atomic E-state index is 0.158. The fraction of sp³-hybridized carbons (Fsp3) is 0.217. The van der Waals surface area contributed by atoms with Crippen molar-refractivity contribution in [1.82, 2.24) is 4.90 Å². The lowest BCUT2D eigenvalue weighted by Crippen LogP contribution is -2.37. The summed E-state index contributed by atoms with van der Waals surface area (Å²) in [6.45, 7) is 3.59. The van der Waals surface area contributed by atoms with E-state index in [9.17, 15) is 0 Å². The molecule has 3 aromatic rings. The van der Waals surface area contributed by atoms with Gasteiger partial charge in [0.1, 0.15) is 11.5 Å². The van der Waals surface area contributed by atoms with Crippen LogP contribution in [0.5, 0.6) is 11.5 Å². The van der Waals surface area contributed by atoms with Crippen LogP contribution >= 0.6 is 0 Å². The highest BCUT2D eigenvalue weighted by molar-refractivity contribution is 5.33. The van der Waals surface area contributed by atoms with E-state index in [2.05, 4.69) is 41.3 Å². The Hall–Kier alpha value is -2.62. The van der Waals surface area contributed by atoms with E-state index >= 15 is 0 Å². The van der Waals surface area contributed by atoms with Crippen LogP contribution in [0.1, 0.15) is 17.2 Å². The van der Waals surface area contributed by atoms with Gasteiger partial charge in [-0.3, -0.25) is 4.90 Å². The summed E-state index contributed by atoms with van der Waals surface area (Å²) in [6, 6.07) is 28.7. The van der Waals surface area contributed by atoms with E-state index in [0.29, 0.717) is 0 Å². The van der Waals surface area contributed by atoms with Crippen LogP contribution in [-0.2, 0) is 11.3 Å². The Morgan fingerprint density at radius 3 is 2.19 bits per heavy atom. The Bertz CT molecular complexity index is 803. The Labute approximate surface area is 154 Å². The third kappa shape index (κ3) is 4.31. The largest absolute Gasteiger partial charge is 0.457 e. The van der Waals surface area contributed by atoms with Gasteiger partial charge in [0.05, 0.1) is 12.7 Å². The van der Waals surface area contributed by atoms with Gasteiger partial charge in [-0.15, -0.1) is 0 Å². The average molecular weight is 345 g/mol. The summed E-state index contributed by atoms with van der Waals surface area (Å²) >= 11 is 0. The molecule has 0 aliphatic carbocycles.